The quantitative estimate of drug-likeness (QED) is 0.531. The van der Waals surface area contributed by atoms with Gasteiger partial charge in [0.25, 0.3) is 0 Å². The number of fused-ring (bicyclic) bond motifs is 4. The third-order valence-electron chi connectivity index (χ3n) is 8.21. The van der Waals surface area contributed by atoms with E-state index in [-0.39, 0.29) is 42.9 Å². The standard InChI is InChI=1S/C28H32N2O5/c1-2-16(27(32)33)14-29-26(31)18-11-17-13-25(23(17)12-18)30-28(34)35-15-24-21-9-5-3-7-19(21)20-8-4-6-10-22(20)24/h3-10,16-18,23-25H,2,11-15H2,1H3,(H,29,31)(H,30,34)(H,32,33)/t16?,17-,18?,23-,25+/m0/s1. The Balaban J connectivity index is 1.11. The van der Waals surface area contributed by atoms with Crippen LogP contribution in [-0.4, -0.2) is 42.3 Å². The number of aliphatic carboxylic acids is 1. The van der Waals surface area contributed by atoms with Crippen LogP contribution in [0.3, 0.4) is 0 Å². The minimum absolute atomic E-state index is 0.0239. The maximum atomic E-state index is 12.6. The summed E-state index contributed by atoms with van der Waals surface area (Å²) < 4.78 is 5.68. The number of rotatable bonds is 8. The van der Waals surface area contributed by atoms with Gasteiger partial charge >= 0.3 is 12.1 Å². The van der Waals surface area contributed by atoms with Crippen molar-refractivity contribution < 1.29 is 24.2 Å². The highest BCUT2D eigenvalue weighted by Gasteiger charge is 2.50. The molecule has 3 N–H and O–H groups in total. The fraction of sp³-hybridized carbons (Fsp3) is 0.464. The number of ether oxygens (including phenoxy) is 1. The largest absolute Gasteiger partial charge is 0.481 e. The van der Waals surface area contributed by atoms with Crippen LogP contribution in [-0.2, 0) is 14.3 Å². The Morgan fingerprint density at radius 2 is 1.66 bits per heavy atom. The summed E-state index contributed by atoms with van der Waals surface area (Å²) in [6.45, 7) is 2.26. The number of carboxylic acid groups (broad SMARTS) is 1. The van der Waals surface area contributed by atoms with Gasteiger partial charge in [0, 0.05) is 24.4 Å². The molecule has 5 atom stereocenters. The second kappa shape index (κ2) is 9.72. The SMILES string of the molecule is CCC(CNC(=O)C1C[C@H]2C[C@@H](NC(=O)OCC3c4ccccc4-c4ccccc43)[C@H]2C1)C(=O)O. The van der Waals surface area contributed by atoms with E-state index >= 15 is 0 Å². The van der Waals surface area contributed by atoms with Crippen molar-refractivity contribution in [3.05, 3.63) is 59.7 Å². The number of carbonyl (C=O) groups excluding carboxylic acids is 2. The highest BCUT2D eigenvalue weighted by Crippen LogP contribution is 2.50. The van der Waals surface area contributed by atoms with Gasteiger partial charge in [-0.25, -0.2) is 4.79 Å². The van der Waals surface area contributed by atoms with Gasteiger partial charge < -0.3 is 20.5 Å². The summed E-state index contributed by atoms with van der Waals surface area (Å²) in [6.07, 6.45) is 2.44. The van der Waals surface area contributed by atoms with Gasteiger partial charge in [-0.1, -0.05) is 55.5 Å². The molecule has 0 heterocycles. The van der Waals surface area contributed by atoms with Crippen LogP contribution in [0, 0.1) is 23.7 Å². The number of hydrogen-bond acceptors (Lipinski definition) is 4. The van der Waals surface area contributed by atoms with Gasteiger partial charge in [-0.05, 0) is 59.8 Å². The average molecular weight is 477 g/mol. The molecule has 2 fully saturated rings. The third kappa shape index (κ3) is 4.51. The molecular weight excluding hydrogens is 444 g/mol. The number of carboxylic acids is 1. The Hall–Kier alpha value is -3.35. The molecular formula is C28H32N2O5. The van der Waals surface area contributed by atoms with Crippen molar-refractivity contribution in [1.29, 1.82) is 0 Å². The Morgan fingerprint density at radius 3 is 2.29 bits per heavy atom. The summed E-state index contributed by atoms with van der Waals surface area (Å²) in [7, 11) is 0. The average Bonchev–Trinajstić information content (AvgIpc) is 3.36. The van der Waals surface area contributed by atoms with Crippen LogP contribution in [0.2, 0.25) is 0 Å². The molecule has 35 heavy (non-hydrogen) atoms. The van der Waals surface area contributed by atoms with E-state index < -0.39 is 18.0 Å². The molecule has 0 bridgehead atoms. The molecule has 3 aliphatic rings. The minimum atomic E-state index is -0.883. The molecule has 5 rings (SSSR count). The summed E-state index contributed by atoms with van der Waals surface area (Å²) in [4.78, 5) is 36.4. The van der Waals surface area contributed by atoms with Crippen LogP contribution in [0.25, 0.3) is 11.1 Å². The van der Waals surface area contributed by atoms with Crippen molar-refractivity contribution in [2.75, 3.05) is 13.2 Å². The molecule has 0 spiro atoms. The van der Waals surface area contributed by atoms with Crippen LogP contribution in [0.15, 0.2) is 48.5 Å². The number of amides is 2. The van der Waals surface area contributed by atoms with Gasteiger partial charge in [0.2, 0.25) is 5.91 Å². The number of hydrogen-bond donors (Lipinski definition) is 3. The number of carbonyl (C=O) groups is 3. The predicted octanol–water partition coefficient (Wildman–Crippen LogP) is 4.17. The lowest BCUT2D eigenvalue weighted by atomic mass is 9.71. The Kier molecular flexibility index (Phi) is 6.50. The first-order chi connectivity index (χ1) is 17.0. The fourth-order valence-electron chi connectivity index (χ4n) is 6.17. The van der Waals surface area contributed by atoms with Gasteiger partial charge in [-0.15, -0.1) is 0 Å². The summed E-state index contributed by atoms with van der Waals surface area (Å²) in [5.41, 5.74) is 4.76. The van der Waals surface area contributed by atoms with Crippen LogP contribution < -0.4 is 10.6 Å². The number of nitrogens with one attached hydrogen (secondary N) is 2. The molecule has 7 heteroatoms. The molecule has 184 valence electrons. The lowest BCUT2D eigenvalue weighted by Crippen LogP contribution is -2.50. The van der Waals surface area contributed by atoms with Gasteiger partial charge in [-0.3, -0.25) is 9.59 Å². The lowest BCUT2D eigenvalue weighted by molar-refractivity contribution is -0.141. The molecule has 2 saturated carbocycles. The second-order valence-electron chi connectivity index (χ2n) is 10.1. The summed E-state index contributed by atoms with van der Waals surface area (Å²) in [5.74, 6) is -0.908. The third-order valence-corrected chi connectivity index (χ3v) is 8.21. The molecule has 2 aromatic rings. The van der Waals surface area contributed by atoms with Crippen LogP contribution in [0.1, 0.15) is 49.7 Å². The predicted molar refractivity (Wildman–Crippen MR) is 131 cm³/mol. The Morgan fingerprint density at radius 1 is 1.00 bits per heavy atom. The maximum absolute atomic E-state index is 12.6. The number of benzene rings is 2. The van der Waals surface area contributed by atoms with Crippen molar-refractivity contribution in [3.63, 3.8) is 0 Å². The first-order valence-electron chi connectivity index (χ1n) is 12.6. The molecule has 0 aromatic heterocycles. The zero-order valence-electron chi connectivity index (χ0n) is 19.9. The van der Waals surface area contributed by atoms with E-state index in [0.29, 0.717) is 18.8 Å². The van der Waals surface area contributed by atoms with E-state index in [4.69, 9.17) is 4.74 Å². The summed E-state index contributed by atoms with van der Waals surface area (Å²) in [6, 6.07) is 16.5. The molecule has 0 saturated heterocycles. The minimum Gasteiger partial charge on any atom is -0.481 e. The van der Waals surface area contributed by atoms with E-state index in [1.807, 2.05) is 24.3 Å². The monoisotopic (exact) mass is 476 g/mol. The van der Waals surface area contributed by atoms with Crippen molar-refractivity contribution >= 4 is 18.0 Å². The zero-order chi connectivity index (χ0) is 24.5. The van der Waals surface area contributed by atoms with Crippen LogP contribution >= 0.6 is 0 Å². The van der Waals surface area contributed by atoms with Gasteiger partial charge in [0.05, 0.1) is 5.92 Å². The van der Waals surface area contributed by atoms with Crippen LogP contribution in [0.5, 0.6) is 0 Å². The summed E-state index contributed by atoms with van der Waals surface area (Å²) in [5, 5.41) is 15.0. The zero-order valence-corrected chi connectivity index (χ0v) is 19.9. The smallest absolute Gasteiger partial charge is 0.407 e. The van der Waals surface area contributed by atoms with E-state index in [2.05, 4.69) is 34.9 Å². The molecule has 2 unspecified atom stereocenters. The fourth-order valence-corrected chi connectivity index (χ4v) is 6.17. The van der Waals surface area contributed by atoms with Crippen molar-refractivity contribution in [3.8, 4) is 11.1 Å². The second-order valence-corrected chi connectivity index (χ2v) is 10.1. The molecule has 7 nitrogen and oxygen atoms in total. The molecule has 2 aromatic carbocycles. The topological polar surface area (TPSA) is 105 Å². The van der Waals surface area contributed by atoms with Crippen molar-refractivity contribution in [2.24, 2.45) is 23.7 Å². The van der Waals surface area contributed by atoms with Gasteiger partial charge in [0.1, 0.15) is 6.61 Å². The lowest BCUT2D eigenvalue weighted by Gasteiger charge is -2.40. The van der Waals surface area contributed by atoms with Gasteiger partial charge in [-0.2, -0.15) is 0 Å². The first kappa shape index (κ1) is 23.4. The van der Waals surface area contributed by atoms with E-state index in [1.54, 1.807) is 6.92 Å². The van der Waals surface area contributed by atoms with Crippen molar-refractivity contribution in [2.45, 2.75) is 44.6 Å². The van der Waals surface area contributed by atoms with Gasteiger partial charge in [0.15, 0.2) is 0 Å². The van der Waals surface area contributed by atoms with Crippen molar-refractivity contribution in [1.82, 2.24) is 10.6 Å². The van der Waals surface area contributed by atoms with E-state index in [0.717, 1.165) is 12.8 Å². The molecule has 0 aliphatic heterocycles. The first-order valence-corrected chi connectivity index (χ1v) is 12.6. The highest BCUT2D eigenvalue weighted by molar-refractivity contribution is 5.80. The number of alkyl carbamates (subject to hydrolysis) is 1. The molecule has 3 aliphatic carbocycles. The summed E-state index contributed by atoms with van der Waals surface area (Å²) >= 11 is 0. The van der Waals surface area contributed by atoms with Crippen LogP contribution in [0.4, 0.5) is 4.79 Å². The van der Waals surface area contributed by atoms with E-state index in [9.17, 15) is 19.5 Å². The molecule has 0 radical (unpaired) electrons. The Labute approximate surface area is 205 Å². The maximum Gasteiger partial charge on any atom is 0.407 e. The molecule has 2 amide bonds. The highest BCUT2D eigenvalue weighted by atomic mass is 16.5. The normalized spacial score (nSPS) is 24.9. The Bertz CT molecular complexity index is 1090. The van der Waals surface area contributed by atoms with E-state index in [1.165, 1.54) is 22.3 Å².